The van der Waals surface area contributed by atoms with E-state index >= 15 is 0 Å². The van der Waals surface area contributed by atoms with Gasteiger partial charge in [-0.05, 0) is 44.4 Å². The van der Waals surface area contributed by atoms with Crippen LogP contribution in [0.3, 0.4) is 0 Å². The molecule has 1 atom stereocenters. The van der Waals surface area contributed by atoms with Gasteiger partial charge in [0.15, 0.2) is 0 Å². The van der Waals surface area contributed by atoms with Gasteiger partial charge in [-0.1, -0.05) is 6.42 Å². The number of likely N-dealkylation sites (tertiary alicyclic amines) is 1. The maximum absolute atomic E-state index is 12.8. The molecule has 1 aromatic carbocycles. The molecule has 0 aliphatic carbocycles. The maximum atomic E-state index is 12.8. The van der Waals surface area contributed by atoms with Crippen LogP contribution in [0.4, 0.5) is 11.4 Å². The number of nitrogens with zero attached hydrogens (tertiary/aromatic N) is 4. The molecule has 7 heteroatoms. The van der Waals surface area contributed by atoms with Crippen molar-refractivity contribution in [3.8, 4) is 0 Å². The minimum atomic E-state index is -0.438. The van der Waals surface area contributed by atoms with Crippen LogP contribution in [-0.2, 0) is 0 Å². The van der Waals surface area contributed by atoms with Crippen LogP contribution in [0.5, 0.6) is 0 Å². The third-order valence-electron chi connectivity index (χ3n) is 6.00. The zero-order chi connectivity index (χ0) is 18.1. The van der Waals surface area contributed by atoms with Crippen LogP contribution in [-0.4, -0.2) is 65.9 Å². The molecule has 3 fully saturated rings. The van der Waals surface area contributed by atoms with E-state index in [2.05, 4.69) is 9.80 Å². The van der Waals surface area contributed by atoms with E-state index in [9.17, 15) is 14.9 Å². The van der Waals surface area contributed by atoms with Crippen LogP contribution in [0.1, 0.15) is 42.5 Å². The number of carbonyl (C=O) groups is 1. The predicted molar refractivity (Wildman–Crippen MR) is 99.7 cm³/mol. The van der Waals surface area contributed by atoms with Gasteiger partial charge in [0.05, 0.1) is 4.92 Å². The third-order valence-corrected chi connectivity index (χ3v) is 6.00. The Morgan fingerprint density at radius 2 is 1.81 bits per heavy atom. The molecule has 3 aliphatic heterocycles. The molecule has 0 saturated carbocycles. The fraction of sp³-hybridized carbons (Fsp3) is 0.632. The Bertz CT molecular complexity index is 702. The Hall–Kier alpha value is -2.15. The fourth-order valence-corrected chi connectivity index (χ4v) is 4.53. The number of anilines is 1. The van der Waals surface area contributed by atoms with Crippen LogP contribution >= 0.6 is 0 Å². The first-order valence-electron chi connectivity index (χ1n) is 9.70. The van der Waals surface area contributed by atoms with Crippen molar-refractivity contribution in [3.05, 3.63) is 33.9 Å². The normalized spacial score (nSPS) is 23.8. The monoisotopic (exact) mass is 358 g/mol. The summed E-state index contributed by atoms with van der Waals surface area (Å²) in [6.45, 7) is 5.44. The summed E-state index contributed by atoms with van der Waals surface area (Å²) in [7, 11) is 0. The van der Waals surface area contributed by atoms with Crippen LogP contribution in [0.25, 0.3) is 0 Å². The van der Waals surface area contributed by atoms with E-state index in [-0.39, 0.29) is 17.2 Å². The van der Waals surface area contributed by atoms with Gasteiger partial charge in [-0.25, -0.2) is 0 Å². The van der Waals surface area contributed by atoms with Gasteiger partial charge in [0.25, 0.3) is 11.6 Å². The molecule has 0 N–H and O–H groups in total. The highest BCUT2D eigenvalue weighted by Gasteiger charge is 2.31. The van der Waals surface area contributed by atoms with Gasteiger partial charge in [-0.2, -0.15) is 0 Å². The average molecular weight is 358 g/mol. The summed E-state index contributed by atoms with van der Waals surface area (Å²) in [6.07, 6.45) is 5.71. The lowest BCUT2D eigenvalue weighted by Crippen LogP contribution is -2.54. The molecule has 3 heterocycles. The minimum absolute atomic E-state index is 0.0815. The number of fused-ring (bicyclic) bond motifs is 1. The lowest BCUT2D eigenvalue weighted by Gasteiger charge is -2.45. The van der Waals surface area contributed by atoms with E-state index in [0.29, 0.717) is 19.1 Å². The summed E-state index contributed by atoms with van der Waals surface area (Å²) < 4.78 is 0. The van der Waals surface area contributed by atoms with E-state index in [1.807, 2.05) is 0 Å². The number of hydrogen-bond donors (Lipinski definition) is 0. The first-order chi connectivity index (χ1) is 12.6. The van der Waals surface area contributed by atoms with Crippen molar-refractivity contribution in [2.75, 3.05) is 44.2 Å². The van der Waals surface area contributed by atoms with Crippen LogP contribution < -0.4 is 4.90 Å². The number of hydrogen-bond acceptors (Lipinski definition) is 5. The Kier molecular flexibility index (Phi) is 4.80. The van der Waals surface area contributed by atoms with Gasteiger partial charge in [0.1, 0.15) is 5.56 Å². The van der Waals surface area contributed by atoms with E-state index in [0.717, 1.165) is 38.2 Å². The minimum Gasteiger partial charge on any atom is -0.369 e. The number of amides is 1. The average Bonchev–Trinajstić information content (AvgIpc) is 3.21. The fourth-order valence-electron chi connectivity index (χ4n) is 4.53. The smallest absolute Gasteiger partial charge is 0.282 e. The molecule has 1 amide bonds. The molecule has 1 aromatic rings. The lowest BCUT2D eigenvalue weighted by molar-refractivity contribution is -0.385. The number of benzene rings is 1. The van der Waals surface area contributed by atoms with Crippen molar-refractivity contribution < 1.29 is 9.72 Å². The summed E-state index contributed by atoms with van der Waals surface area (Å²) in [6, 6.07) is 5.62. The van der Waals surface area contributed by atoms with E-state index in [1.165, 1.54) is 31.9 Å². The quantitative estimate of drug-likeness (QED) is 0.613. The number of nitro benzene ring substituents is 1. The molecule has 26 heavy (non-hydrogen) atoms. The summed E-state index contributed by atoms with van der Waals surface area (Å²) in [5.41, 5.74) is 1.09. The molecule has 140 valence electrons. The topological polar surface area (TPSA) is 69.9 Å². The van der Waals surface area contributed by atoms with E-state index in [4.69, 9.17) is 0 Å². The van der Waals surface area contributed by atoms with E-state index < -0.39 is 4.92 Å². The number of piperazine rings is 1. The zero-order valence-electron chi connectivity index (χ0n) is 15.1. The van der Waals surface area contributed by atoms with Gasteiger partial charge >= 0.3 is 0 Å². The molecule has 0 bridgehead atoms. The van der Waals surface area contributed by atoms with Crippen molar-refractivity contribution in [2.24, 2.45) is 0 Å². The van der Waals surface area contributed by atoms with Gasteiger partial charge in [0.2, 0.25) is 0 Å². The number of piperidine rings is 1. The van der Waals surface area contributed by atoms with Crippen molar-refractivity contribution in [2.45, 2.75) is 38.1 Å². The van der Waals surface area contributed by atoms with Crippen molar-refractivity contribution >= 4 is 17.3 Å². The SMILES string of the molecule is O=C(c1cc(N2CCN3CCCCC3C2)ccc1[N+](=O)[O-])N1CCCC1. The number of rotatable bonds is 3. The third kappa shape index (κ3) is 3.28. The molecule has 0 aromatic heterocycles. The number of carbonyl (C=O) groups excluding carboxylic acids is 1. The lowest BCUT2D eigenvalue weighted by atomic mass is 9.99. The largest absolute Gasteiger partial charge is 0.369 e. The Balaban J connectivity index is 1.59. The molecule has 3 saturated heterocycles. The molecule has 3 aliphatic rings. The second-order valence-electron chi connectivity index (χ2n) is 7.59. The molecule has 0 spiro atoms. The Morgan fingerprint density at radius 1 is 1.04 bits per heavy atom. The second kappa shape index (κ2) is 7.23. The highest BCUT2D eigenvalue weighted by Crippen LogP contribution is 2.30. The molecule has 1 unspecified atom stereocenters. The first kappa shape index (κ1) is 17.3. The molecule has 7 nitrogen and oxygen atoms in total. The molecular weight excluding hydrogens is 332 g/mol. The highest BCUT2D eigenvalue weighted by atomic mass is 16.6. The summed E-state index contributed by atoms with van der Waals surface area (Å²) in [4.78, 5) is 30.4. The molecule has 0 radical (unpaired) electrons. The summed E-state index contributed by atoms with van der Waals surface area (Å²) in [5.74, 6) is -0.202. The van der Waals surface area contributed by atoms with E-state index in [1.54, 1.807) is 17.0 Å². The predicted octanol–water partition coefficient (Wildman–Crippen LogP) is 2.51. The van der Waals surface area contributed by atoms with Crippen LogP contribution in [0.15, 0.2) is 18.2 Å². The van der Waals surface area contributed by atoms with Crippen LogP contribution in [0.2, 0.25) is 0 Å². The zero-order valence-corrected chi connectivity index (χ0v) is 15.1. The van der Waals surface area contributed by atoms with Gasteiger partial charge in [-0.3, -0.25) is 19.8 Å². The first-order valence-corrected chi connectivity index (χ1v) is 9.70. The molecular formula is C19H26N4O3. The van der Waals surface area contributed by atoms with Crippen molar-refractivity contribution in [1.29, 1.82) is 0 Å². The Morgan fingerprint density at radius 3 is 2.58 bits per heavy atom. The molecule has 4 rings (SSSR count). The van der Waals surface area contributed by atoms with Crippen molar-refractivity contribution in [3.63, 3.8) is 0 Å². The van der Waals surface area contributed by atoms with Gasteiger partial charge in [-0.15, -0.1) is 0 Å². The van der Waals surface area contributed by atoms with Gasteiger partial charge < -0.3 is 9.80 Å². The second-order valence-corrected chi connectivity index (χ2v) is 7.59. The number of nitro groups is 1. The summed E-state index contributed by atoms with van der Waals surface area (Å²) in [5, 5.41) is 11.4. The van der Waals surface area contributed by atoms with Crippen molar-refractivity contribution in [1.82, 2.24) is 9.80 Å². The van der Waals surface area contributed by atoms with Gasteiger partial charge in [0, 0.05) is 50.5 Å². The highest BCUT2D eigenvalue weighted by molar-refractivity contribution is 5.99. The summed E-state index contributed by atoms with van der Waals surface area (Å²) >= 11 is 0. The Labute approximate surface area is 153 Å². The maximum Gasteiger partial charge on any atom is 0.282 e. The standard InChI is InChI=1S/C19H26N4O3/c24-19(21-9-3-4-10-21)17-13-15(6-7-18(17)23(25)26)22-12-11-20-8-2-1-5-16(20)14-22/h6-7,13,16H,1-5,8-12,14H2. The van der Waals surface area contributed by atoms with Crippen LogP contribution in [0, 0.1) is 10.1 Å².